The molecule has 3 unspecified atom stereocenters. The van der Waals surface area contributed by atoms with Gasteiger partial charge in [0, 0.05) is 12.3 Å². The highest BCUT2D eigenvalue weighted by Gasteiger charge is 2.44. The van der Waals surface area contributed by atoms with Crippen LogP contribution < -0.4 is 0 Å². The highest BCUT2D eigenvalue weighted by Crippen LogP contribution is 2.43. The molecule has 1 fully saturated rings. The summed E-state index contributed by atoms with van der Waals surface area (Å²) < 4.78 is 0. The maximum absolute atomic E-state index is 12.3. The zero-order valence-electron chi connectivity index (χ0n) is 28.2. The Morgan fingerprint density at radius 3 is 1.81 bits per heavy atom. The van der Waals surface area contributed by atoms with Gasteiger partial charge in [-0.25, -0.2) is 0 Å². The van der Waals surface area contributed by atoms with Crippen LogP contribution in [0.5, 0.6) is 0 Å². The van der Waals surface area contributed by atoms with Gasteiger partial charge in [-0.3, -0.25) is 9.59 Å². The van der Waals surface area contributed by atoms with Gasteiger partial charge in [-0.2, -0.15) is 0 Å². The maximum atomic E-state index is 12.3. The van der Waals surface area contributed by atoms with E-state index >= 15 is 0 Å². The van der Waals surface area contributed by atoms with Crippen molar-refractivity contribution in [1.82, 2.24) is 0 Å². The lowest BCUT2D eigenvalue weighted by Gasteiger charge is -2.42. The number of aliphatic hydroxyl groups is 1. The Hall–Kier alpha value is -3.30. The van der Waals surface area contributed by atoms with Crippen LogP contribution in [0.4, 0.5) is 0 Å². The molecule has 0 aliphatic heterocycles. The summed E-state index contributed by atoms with van der Waals surface area (Å²) in [6.45, 7) is 20.8. The standard InChI is InChI=1S/C40H54O3/c1-28(17-13-19-30(3)21-23-34-32(5)36(41)25-26-39(34,7)8)15-11-12-16-29(2)18-14-20-31(4)22-24-35-33(6)38(43)37(42)27-40(35,9)10/h11-24,33,35,37,42H,25-27H2,1-10H3/b12-11+,17-13+,18-14+,23-21+,24-22+,28-15+,29-16+,30-19+,31-20+. The van der Waals surface area contributed by atoms with Gasteiger partial charge in [0.1, 0.15) is 6.10 Å². The van der Waals surface area contributed by atoms with Crippen molar-refractivity contribution < 1.29 is 14.7 Å². The fraction of sp³-hybridized carbons (Fsp3) is 0.450. The largest absolute Gasteiger partial charge is 0.385 e. The van der Waals surface area contributed by atoms with Crippen molar-refractivity contribution in [1.29, 1.82) is 0 Å². The van der Waals surface area contributed by atoms with Crippen LogP contribution in [0.25, 0.3) is 0 Å². The first-order chi connectivity index (χ1) is 20.0. The molecule has 0 radical (unpaired) electrons. The van der Waals surface area contributed by atoms with Gasteiger partial charge >= 0.3 is 0 Å². The molecule has 0 amide bonds. The van der Waals surface area contributed by atoms with E-state index in [2.05, 4.69) is 122 Å². The number of hydrogen-bond donors (Lipinski definition) is 1. The Kier molecular flexibility index (Phi) is 13.3. The summed E-state index contributed by atoms with van der Waals surface area (Å²) in [5.74, 6) is 0.150. The fourth-order valence-electron chi connectivity index (χ4n) is 5.89. The van der Waals surface area contributed by atoms with Crippen molar-refractivity contribution in [3.8, 4) is 0 Å². The Morgan fingerprint density at radius 2 is 1.26 bits per heavy atom. The molecule has 2 rings (SSSR count). The quantitative estimate of drug-likeness (QED) is 0.261. The number of hydrogen-bond acceptors (Lipinski definition) is 3. The van der Waals surface area contributed by atoms with E-state index in [9.17, 15) is 14.7 Å². The summed E-state index contributed by atoms with van der Waals surface area (Å²) >= 11 is 0. The van der Waals surface area contributed by atoms with Crippen LogP contribution >= 0.6 is 0 Å². The van der Waals surface area contributed by atoms with Gasteiger partial charge in [0.15, 0.2) is 11.6 Å². The molecule has 0 bridgehead atoms. The Labute approximate surface area is 261 Å². The molecule has 3 atom stereocenters. The molecule has 0 aromatic rings. The zero-order chi connectivity index (χ0) is 32.4. The molecule has 0 heterocycles. The maximum Gasteiger partial charge on any atom is 0.164 e. The smallest absolute Gasteiger partial charge is 0.164 e. The topological polar surface area (TPSA) is 54.4 Å². The summed E-state index contributed by atoms with van der Waals surface area (Å²) in [4.78, 5) is 24.4. The molecule has 1 saturated carbocycles. The molecule has 3 nitrogen and oxygen atoms in total. The van der Waals surface area contributed by atoms with Crippen LogP contribution in [0.3, 0.4) is 0 Å². The molecule has 0 saturated heterocycles. The molecule has 0 spiro atoms. The lowest BCUT2D eigenvalue weighted by Crippen LogP contribution is -2.45. The third-order valence-electron chi connectivity index (χ3n) is 8.81. The SMILES string of the molecule is CC1=C(/C=C/C(C)=C/C=C/C(C)=C/C=C/C=C(C)/C=C/C=C(C)/C=C/C2C(C)C(=O)C(O)CC2(C)C)C(C)(C)CCC1=O. The van der Waals surface area contributed by atoms with Gasteiger partial charge in [0.2, 0.25) is 0 Å². The van der Waals surface area contributed by atoms with Crippen molar-refractivity contribution in [3.63, 3.8) is 0 Å². The highest BCUT2D eigenvalue weighted by molar-refractivity contribution is 5.97. The summed E-state index contributed by atoms with van der Waals surface area (Å²) in [7, 11) is 0. The van der Waals surface area contributed by atoms with Crippen LogP contribution in [0.1, 0.15) is 88.5 Å². The lowest BCUT2D eigenvalue weighted by atomic mass is 9.62. The van der Waals surface area contributed by atoms with Crippen molar-refractivity contribution in [2.45, 2.75) is 94.6 Å². The second kappa shape index (κ2) is 16.0. The molecule has 2 aliphatic carbocycles. The first kappa shape index (κ1) is 35.9. The molecule has 0 aromatic carbocycles. The molecular weight excluding hydrogens is 528 g/mol. The molecule has 2 aliphatic rings. The number of allylic oxidation sites excluding steroid dienone is 20. The van der Waals surface area contributed by atoms with Crippen molar-refractivity contribution in [3.05, 3.63) is 119 Å². The molecule has 43 heavy (non-hydrogen) atoms. The molecule has 232 valence electrons. The summed E-state index contributed by atoms with van der Waals surface area (Å²) in [6, 6.07) is 0. The van der Waals surface area contributed by atoms with Crippen molar-refractivity contribution in [2.75, 3.05) is 0 Å². The average molecular weight is 583 g/mol. The van der Waals surface area contributed by atoms with Crippen LogP contribution in [-0.2, 0) is 9.59 Å². The van der Waals surface area contributed by atoms with Gasteiger partial charge in [-0.1, -0.05) is 142 Å². The van der Waals surface area contributed by atoms with E-state index in [-0.39, 0.29) is 34.2 Å². The van der Waals surface area contributed by atoms with Crippen LogP contribution in [0.15, 0.2) is 119 Å². The minimum absolute atomic E-state index is 0.0346. The third-order valence-corrected chi connectivity index (χ3v) is 8.81. The Balaban J connectivity index is 1.91. The van der Waals surface area contributed by atoms with Crippen molar-refractivity contribution >= 4 is 11.6 Å². The van der Waals surface area contributed by atoms with E-state index in [4.69, 9.17) is 0 Å². The molecule has 3 heteroatoms. The number of ketones is 2. The van der Waals surface area contributed by atoms with E-state index in [1.165, 1.54) is 0 Å². The van der Waals surface area contributed by atoms with E-state index in [1.807, 2.05) is 32.1 Å². The number of rotatable bonds is 10. The second-order valence-corrected chi connectivity index (χ2v) is 13.7. The predicted molar refractivity (Wildman–Crippen MR) is 184 cm³/mol. The summed E-state index contributed by atoms with van der Waals surface area (Å²) in [5.41, 5.74) is 6.52. The van der Waals surface area contributed by atoms with E-state index < -0.39 is 6.10 Å². The Bertz CT molecular complexity index is 1340. The van der Waals surface area contributed by atoms with E-state index in [0.29, 0.717) is 12.8 Å². The van der Waals surface area contributed by atoms with E-state index in [0.717, 1.165) is 39.9 Å². The number of aliphatic hydroxyl groups excluding tert-OH is 1. The van der Waals surface area contributed by atoms with Gasteiger partial charge in [-0.15, -0.1) is 0 Å². The number of Topliss-reactive ketones (excluding diaryl/α,β-unsaturated/α-hetero) is 2. The normalized spacial score (nSPS) is 26.4. The minimum atomic E-state index is -0.842. The third kappa shape index (κ3) is 11.0. The van der Waals surface area contributed by atoms with E-state index in [1.54, 1.807) is 0 Å². The first-order valence-electron chi connectivity index (χ1n) is 15.6. The highest BCUT2D eigenvalue weighted by atomic mass is 16.3. The number of carbonyl (C=O) groups is 2. The molecule has 1 N–H and O–H groups in total. The minimum Gasteiger partial charge on any atom is -0.385 e. The lowest BCUT2D eigenvalue weighted by molar-refractivity contribution is -0.140. The molecular formula is C40H54O3. The summed E-state index contributed by atoms with van der Waals surface area (Å²) in [6.07, 6.45) is 30.3. The Morgan fingerprint density at radius 1 is 0.767 bits per heavy atom. The zero-order valence-corrected chi connectivity index (χ0v) is 28.2. The van der Waals surface area contributed by atoms with Crippen LogP contribution in [0, 0.1) is 22.7 Å². The van der Waals surface area contributed by atoms with Gasteiger partial charge < -0.3 is 5.11 Å². The number of carbonyl (C=O) groups excluding carboxylic acids is 2. The second-order valence-electron chi connectivity index (χ2n) is 13.7. The molecule has 0 aromatic heterocycles. The monoisotopic (exact) mass is 582 g/mol. The summed E-state index contributed by atoms with van der Waals surface area (Å²) in [5, 5.41) is 10.1. The van der Waals surface area contributed by atoms with Crippen molar-refractivity contribution in [2.24, 2.45) is 22.7 Å². The van der Waals surface area contributed by atoms with Crippen LogP contribution in [0.2, 0.25) is 0 Å². The predicted octanol–water partition coefficient (Wildman–Crippen LogP) is 9.87. The van der Waals surface area contributed by atoms with Gasteiger partial charge in [-0.05, 0) is 75.4 Å². The first-order valence-corrected chi connectivity index (χ1v) is 15.6. The van der Waals surface area contributed by atoms with Gasteiger partial charge in [0.05, 0.1) is 0 Å². The average Bonchev–Trinajstić information content (AvgIpc) is 2.91. The van der Waals surface area contributed by atoms with Gasteiger partial charge in [0.25, 0.3) is 0 Å². The van der Waals surface area contributed by atoms with Crippen LogP contribution in [-0.4, -0.2) is 22.8 Å². The fourth-order valence-corrected chi connectivity index (χ4v) is 5.89.